The monoisotopic (exact) mass is 381 g/mol. The zero-order chi connectivity index (χ0) is 19.6. The van der Waals surface area contributed by atoms with E-state index in [-0.39, 0.29) is 16.5 Å². The number of nitrogens with one attached hydrogen (secondary N) is 1. The Balaban J connectivity index is 1.81. The van der Waals surface area contributed by atoms with Crippen molar-refractivity contribution in [3.05, 3.63) is 79.2 Å². The summed E-state index contributed by atoms with van der Waals surface area (Å²) in [5.41, 5.74) is 5.13. The minimum atomic E-state index is -0.351. The van der Waals surface area contributed by atoms with Gasteiger partial charge in [0.25, 0.3) is 11.6 Å². The number of hydrogen-bond acceptors (Lipinski definition) is 5. The number of nitrogens with zero attached hydrogens (tertiary/aromatic N) is 2. The molecular weight excluding hydrogens is 362 g/mol. The van der Waals surface area contributed by atoms with E-state index in [1.807, 2.05) is 30.5 Å². The van der Waals surface area contributed by atoms with E-state index in [4.69, 9.17) is 0 Å². The summed E-state index contributed by atoms with van der Waals surface area (Å²) in [5, 5.41) is 16.6. The Labute approximate surface area is 161 Å². The highest BCUT2D eigenvalue weighted by molar-refractivity contribution is 7.10. The standard InChI is InChI=1S/C20H19N3O3S/c1-12-9-18(23(25)26)13(2)8-16(12)10-19-22-17(11-27-19)14-4-6-15(7-5-14)20(24)21-3/h4-9,11H,10H2,1-3H3,(H,21,24). The van der Waals surface area contributed by atoms with Crippen LogP contribution in [0.2, 0.25) is 0 Å². The number of nitro benzene ring substituents is 1. The second-order valence-electron chi connectivity index (χ2n) is 6.28. The van der Waals surface area contributed by atoms with Crippen LogP contribution in [0.5, 0.6) is 0 Å². The first-order valence-corrected chi connectivity index (χ1v) is 9.28. The van der Waals surface area contributed by atoms with Gasteiger partial charge >= 0.3 is 0 Å². The van der Waals surface area contributed by atoms with Crippen molar-refractivity contribution in [3.8, 4) is 11.3 Å². The van der Waals surface area contributed by atoms with Gasteiger partial charge in [0.2, 0.25) is 0 Å². The number of thiazole rings is 1. The smallest absolute Gasteiger partial charge is 0.272 e. The number of aryl methyl sites for hydroxylation is 2. The lowest BCUT2D eigenvalue weighted by Crippen LogP contribution is -2.17. The Hall–Kier alpha value is -3.06. The van der Waals surface area contributed by atoms with Crippen LogP contribution in [0.3, 0.4) is 0 Å². The third-order valence-electron chi connectivity index (χ3n) is 4.41. The van der Waals surface area contributed by atoms with E-state index in [1.54, 1.807) is 43.5 Å². The van der Waals surface area contributed by atoms with Gasteiger partial charge in [-0.2, -0.15) is 0 Å². The van der Waals surface area contributed by atoms with Crippen molar-refractivity contribution in [2.75, 3.05) is 7.05 Å². The highest BCUT2D eigenvalue weighted by atomic mass is 32.1. The van der Waals surface area contributed by atoms with Crippen LogP contribution < -0.4 is 5.32 Å². The molecule has 3 aromatic rings. The molecule has 1 aromatic heterocycles. The molecule has 0 unspecified atom stereocenters. The Morgan fingerprint density at radius 2 is 1.89 bits per heavy atom. The molecule has 1 amide bonds. The Morgan fingerprint density at radius 1 is 1.19 bits per heavy atom. The van der Waals surface area contributed by atoms with E-state index in [0.29, 0.717) is 17.5 Å². The molecule has 0 saturated carbocycles. The summed E-state index contributed by atoms with van der Waals surface area (Å²) in [6.45, 7) is 3.64. The van der Waals surface area contributed by atoms with Gasteiger partial charge in [-0.05, 0) is 43.2 Å². The zero-order valence-electron chi connectivity index (χ0n) is 15.3. The summed E-state index contributed by atoms with van der Waals surface area (Å²) in [6, 6.07) is 10.8. The Bertz CT molecular complexity index is 1010. The fourth-order valence-electron chi connectivity index (χ4n) is 2.87. The second kappa shape index (κ2) is 7.67. The van der Waals surface area contributed by atoms with Gasteiger partial charge in [0.15, 0.2) is 0 Å². The molecule has 0 fully saturated rings. The summed E-state index contributed by atoms with van der Waals surface area (Å²) in [6.07, 6.45) is 0.631. The van der Waals surface area contributed by atoms with E-state index in [9.17, 15) is 14.9 Å². The van der Waals surface area contributed by atoms with Crippen molar-refractivity contribution in [1.82, 2.24) is 10.3 Å². The third-order valence-corrected chi connectivity index (χ3v) is 5.26. The number of amides is 1. The maximum absolute atomic E-state index is 11.6. The molecule has 0 saturated heterocycles. The molecule has 7 heteroatoms. The van der Waals surface area contributed by atoms with Crippen LogP contribution in [0.25, 0.3) is 11.3 Å². The quantitative estimate of drug-likeness (QED) is 0.528. The van der Waals surface area contributed by atoms with Crippen LogP contribution in [0.15, 0.2) is 41.8 Å². The first-order valence-electron chi connectivity index (χ1n) is 8.40. The molecule has 0 bridgehead atoms. The van der Waals surface area contributed by atoms with Gasteiger partial charge in [-0.3, -0.25) is 14.9 Å². The predicted octanol–water partition coefficient (Wildman–Crippen LogP) is 4.29. The summed E-state index contributed by atoms with van der Waals surface area (Å²) >= 11 is 1.56. The van der Waals surface area contributed by atoms with Crippen molar-refractivity contribution in [3.63, 3.8) is 0 Å². The lowest BCUT2D eigenvalue weighted by atomic mass is 10.0. The van der Waals surface area contributed by atoms with Gasteiger partial charge < -0.3 is 5.32 Å². The minimum absolute atomic E-state index is 0.121. The van der Waals surface area contributed by atoms with Crippen LogP contribution in [0, 0.1) is 24.0 Å². The number of aromatic nitrogens is 1. The lowest BCUT2D eigenvalue weighted by molar-refractivity contribution is -0.385. The van der Waals surface area contributed by atoms with Crippen molar-refractivity contribution in [2.24, 2.45) is 0 Å². The summed E-state index contributed by atoms with van der Waals surface area (Å²) in [5.74, 6) is -0.121. The fraction of sp³-hybridized carbons (Fsp3) is 0.200. The molecule has 0 atom stereocenters. The largest absolute Gasteiger partial charge is 0.355 e. The molecule has 138 valence electrons. The van der Waals surface area contributed by atoms with Crippen LogP contribution in [0.1, 0.15) is 32.1 Å². The number of nitro groups is 1. The van der Waals surface area contributed by atoms with Gasteiger partial charge in [-0.25, -0.2) is 4.98 Å². The fourth-order valence-corrected chi connectivity index (χ4v) is 3.70. The maximum Gasteiger partial charge on any atom is 0.272 e. The van der Waals surface area contributed by atoms with E-state index < -0.39 is 0 Å². The highest BCUT2D eigenvalue weighted by Crippen LogP contribution is 2.27. The number of carbonyl (C=O) groups is 1. The topological polar surface area (TPSA) is 85.1 Å². The first-order chi connectivity index (χ1) is 12.9. The molecule has 3 rings (SSSR count). The molecule has 6 nitrogen and oxygen atoms in total. The van der Waals surface area contributed by atoms with Crippen LogP contribution in [-0.4, -0.2) is 22.9 Å². The molecule has 0 radical (unpaired) electrons. The first kappa shape index (κ1) is 18.7. The Kier molecular flexibility index (Phi) is 5.32. The molecule has 0 aliphatic carbocycles. The van der Waals surface area contributed by atoms with E-state index in [2.05, 4.69) is 10.3 Å². The molecule has 0 aliphatic heterocycles. The van der Waals surface area contributed by atoms with Crippen molar-refractivity contribution in [1.29, 1.82) is 0 Å². The molecule has 0 spiro atoms. The minimum Gasteiger partial charge on any atom is -0.355 e. The van der Waals surface area contributed by atoms with Crippen LogP contribution in [-0.2, 0) is 6.42 Å². The molecule has 27 heavy (non-hydrogen) atoms. The number of rotatable bonds is 5. The summed E-state index contributed by atoms with van der Waals surface area (Å²) < 4.78 is 0. The summed E-state index contributed by atoms with van der Waals surface area (Å²) in [4.78, 5) is 27.0. The average molecular weight is 381 g/mol. The molecular formula is C20H19N3O3S. The molecule has 1 N–H and O–H groups in total. The van der Waals surface area contributed by atoms with Crippen molar-refractivity contribution < 1.29 is 9.72 Å². The SMILES string of the molecule is CNC(=O)c1ccc(-c2csc(Cc3cc(C)c([N+](=O)[O-])cc3C)n2)cc1. The van der Waals surface area contributed by atoms with Crippen molar-refractivity contribution in [2.45, 2.75) is 20.3 Å². The third kappa shape index (κ3) is 4.03. The molecule has 2 aromatic carbocycles. The normalized spacial score (nSPS) is 10.6. The predicted molar refractivity (Wildman–Crippen MR) is 106 cm³/mol. The van der Waals surface area contributed by atoms with Crippen LogP contribution >= 0.6 is 11.3 Å². The van der Waals surface area contributed by atoms with Crippen LogP contribution in [0.4, 0.5) is 5.69 Å². The molecule has 0 aliphatic rings. The van der Waals surface area contributed by atoms with Gasteiger partial charge in [-0.1, -0.05) is 12.1 Å². The van der Waals surface area contributed by atoms with E-state index in [0.717, 1.165) is 27.4 Å². The van der Waals surface area contributed by atoms with Gasteiger partial charge in [0, 0.05) is 41.6 Å². The van der Waals surface area contributed by atoms with Gasteiger partial charge in [-0.15, -0.1) is 11.3 Å². The second-order valence-corrected chi connectivity index (χ2v) is 7.22. The lowest BCUT2D eigenvalue weighted by Gasteiger charge is -2.06. The van der Waals surface area contributed by atoms with Gasteiger partial charge in [0.1, 0.15) is 0 Å². The average Bonchev–Trinajstić information content (AvgIpc) is 3.12. The van der Waals surface area contributed by atoms with E-state index >= 15 is 0 Å². The molecule has 1 heterocycles. The number of carbonyl (C=O) groups excluding carboxylic acids is 1. The van der Waals surface area contributed by atoms with Gasteiger partial charge in [0.05, 0.1) is 15.6 Å². The van der Waals surface area contributed by atoms with E-state index in [1.165, 1.54) is 0 Å². The number of hydrogen-bond donors (Lipinski definition) is 1. The maximum atomic E-state index is 11.6. The Morgan fingerprint density at radius 3 is 2.52 bits per heavy atom. The highest BCUT2D eigenvalue weighted by Gasteiger charge is 2.15. The van der Waals surface area contributed by atoms with Crippen molar-refractivity contribution >= 4 is 22.9 Å². The number of benzene rings is 2. The summed E-state index contributed by atoms with van der Waals surface area (Å²) in [7, 11) is 1.60. The zero-order valence-corrected chi connectivity index (χ0v) is 16.1.